The monoisotopic (exact) mass is 406 g/mol. The zero-order valence-corrected chi connectivity index (χ0v) is 17.7. The first-order valence-electron chi connectivity index (χ1n) is 10.3. The van der Waals surface area contributed by atoms with Crippen LogP contribution in [-0.2, 0) is 18.0 Å². The molecule has 0 heterocycles. The first-order valence-corrected chi connectivity index (χ1v) is 10.3. The zero-order valence-electron chi connectivity index (χ0n) is 17.7. The lowest BCUT2D eigenvalue weighted by atomic mass is 9.68. The van der Waals surface area contributed by atoms with Crippen molar-refractivity contribution in [3.63, 3.8) is 0 Å². The minimum Gasteiger partial charge on any atom is -0.330 e. The van der Waals surface area contributed by atoms with E-state index in [1.54, 1.807) is 6.07 Å². The molecule has 0 aliphatic carbocycles. The average molecular weight is 407 g/mol. The summed E-state index contributed by atoms with van der Waals surface area (Å²) in [7, 11) is 2.09. The Morgan fingerprint density at radius 1 is 0.931 bits per heavy atom. The molecule has 0 spiro atoms. The van der Waals surface area contributed by atoms with Crippen LogP contribution >= 0.6 is 0 Å². The molecule has 0 bridgehead atoms. The maximum atomic E-state index is 13.2. The topological polar surface area (TPSA) is 29.3 Å². The molecule has 2 N–H and O–H groups in total. The Morgan fingerprint density at radius 2 is 1.59 bits per heavy atom. The molecule has 160 valence electrons. The van der Waals surface area contributed by atoms with Gasteiger partial charge in [0, 0.05) is 18.5 Å². The summed E-state index contributed by atoms with van der Waals surface area (Å²) in [4.78, 5) is 2.28. The quantitative estimate of drug-likeness (QED) is 0.563. The molecule has 1 unspecified atom stereocenters. The Bertz CT molecular complexity index is 743. The van der Waals surface area contributed by atoms with E-state index in [4.69, 9.17) is 5.73 Å². The maximum absolute atomic E-state index is 13.2. The van der Waals surface area contributed by atoms with E-state index in [1.807, 2.05) is 32.0 Å². The maximum Gasteiger partial charge on any atom is 0.416 e. The lowest BCUT2D eigenvalue weighted by molar-refractivity contribution is -0.137. The van der Waals surface area contributed by atoms with E-state index in [2.05, 4.69) is 24.1 Å². The van der Waals surface area contributed by atoms with Crippen LogP contribution in [0.4, 0.5) is 13.2 Å². The van der Waals surface area contributed by atoms with E-state index in [0.29, 0.717) is 12.1 Å². The highest BCUT2D eigenvalue weighted by Gasteiger charge is 2.37. The summed E-state index contributed by atoms with van der Waals surface area (Å²) in [6, 6.07) is 16.1. The van der Waals surface area contributed by atoms with Gasteiger partial charge in [-0.15, -0.1) is 0 Å². The van der Waals surface area contributed by atoms with Gasteiger partial charge in [0.25, 0.3) is 0 Å². The van der Waals surface area contributed by atoms with Gasteiger partial charge < -0.3 is 10.6 Å². The molecule has 0 saturated carbocycles. The number of alkyl halides is 3. The molecule has 2 nitrogen and oxygen atoms in total. The Hall–Kier alpha value is -1.85. The Labute approximate surface area is 172 Å². The molecule has 0 aliphatic rings. The molecular weight excluding hydrogens is 373 g/mol. The highest BCUT2D eigenvalue weighted by molar-refractivity contribution is 5.33. The molecule has 2 aromatic rings. The zero-order chi connectivity index (χ0) is 21.5. The van der Waals surface area contributed by atoms with E-state index in [1.165, 1.54) is 17.7 Å². The van der Waals surface area contributed by atoms with Crippen molar-refractivity contribution < 1.29 is 13.2 Å². The average Bonchev–Trinajstić information content (AvgIpc) is 2.70. The second-order valence-corrected chi connectivity index (χ2v) is 8.24. The first kappa shape index (κ1) is 23.4. The van der Waals surface area contributed by atoms with Crippen LogP contribution in [-0.4, -0.2) is 31.6 Å². The largest absolute Gasteiger partial charge is 0.416 e. The minimum absolute atomic E-state index is 0.144. The van der Waals surface area contributed by atoms with Crippen LogP contribution in [0, 0.1) is 5.92 Å². The van der Waals surface area contributed by atoms with Gasteiger partial charge in [0.05, 0.1) is 5.56 Å². The van der Waals surface area contributed by atoms with Crippen molar-refractivity contribution in [1.82, 2.24) is 4.90 Å². The lowest BCUT2D eigenvalue weighted by Crippen LogP contribution is -2.41. The molecule has 0 radical (unpaired) electrons. The fourth-order valence-corrected chi connectivity index (χ4v) is 3.97. The van der Waals surface area contributed by atoms with Crippen molar-refractivity contribution in [1.29, 1.82) is 0 Å². The van der Waals surface area contributed by atoms with Gasteiger partial charge >= 0.3 is 6.18 Å². The fraction of sp³-hybridized carbons (Fsp3) is 0.500. The summed E-state index contributed by atoms with van der Waals surface area (Å²) >= 11 is 0. The second-order valence-electron chi connectivity index (χ2n) is 8.24. The lowest BCUT2D eigenvalue weighted by Gasteiger charge is -2.38. The predicted molar refractivity (Wildman–Crippen MR) is 114 cm³/mol. The van der Waals surface area contributed by atoms with Gasteiger partial charge in [-0.2, -0.15) is 13.2 Å². The third kappa shape index (κ3) is 6.31. The number of hydrogen-bond acceptors (Lipinski definition) is 2. The van der Waals surface area contributed by atoms with Crippen molar-refractivity contribution in [2.24, 2.45) is 11.7 Å². The fourth-order valence-electron chi connectivity index (χ4n) is 3.97. The minimum atomic E-state index is -4.34. The molecule has 2 aromatic carbocycles. The van der Waals surface area contributed by atoms with Crippen LogP contribution in [0.1, 0.15) is 43.4 Å². The van der Waals surface area contributed by atoms with Crippen LogP contribution < -0.4 is 5.73 Å². The Balaban J connectivity index is 2.03. The number of rotatable bonds is 10. The molecule has 29 heavy (non-hydrogen) atoms. The number of likely N-dealkylation sites (N-methyl/N-ethyl adjacent to an activating group) is 1. The van der Waals surface area contributed by atoms with Gasteiger partial charge in [-0.1, -0.05) is 62.4 Å². The number of nitrogens with two attached hydrogens (primary N) is 1. The van der Waals surface area contributed by atoms with Gasteiger partial charge in [0.2, 0.25) is 0 Å². The van der Waals surface area contributed by atoms with Crippen LogP contribution in [0.25, 0.3) is 0 Å². The second kappa shape index (κ2) is 10.3. The highest BCUT2D eigenvalue weighted by Crippen LogP contribution is 2.39. The van der Waals surface area contributed by atoms with Gasteiger partial charge in [0.15, 0.2) is 0 Å². The molecular formula is C24H33F3N2. The molecule has 1 atom stereocenters. The van der Waals surface area contributed by atoms with Crippen LogP contribution in [0.2, 0.25) is 0 Å². The van der Waals surface area contributed by atoms with Crippen LogP contribution in [0.15, 0.2) is 54.6 Å². The Kier molecular flexibility index (Phi) is 8.29. The smallest absolute Gasteiger partial charge is 0.330 e. The highest BCUT2D eigenvalue weighted by atomic mass is 19.4. The normalized spacial score (nSPS) is 14.4. The van der Waals surface area contributed by atoms with Crippen molar-refractivity contribution in [3.8, 4) is 0 Å². The summed E-state index contributed by atoms with van der Waals surface area (Å²) < 4.78 is 39.6. The van der Waals surface area contributed by atoms with E-state index in [0.717, 1.165) is 38.4 Å². The van der Waals surface area contributed by atoms with E-state index >= 15 is 0 Å². The Morgan fingerprint density at radius 3 is 2.17 bits per heavy atom. The van der Waals surface area contributed by atoms with Gasteiger partial charge in [-0.3, -0.25) is 0 Å². The molecule has 0 aliphatic heterocycles. The number of benzene rings is 2. The number of halogens is 3. The van der Waals surface area contributed by atoms with Gasteiger partial charge in [-0.25, -0.2) is 0 Å². The third-order valence-corrected chi connectivity index (χ3v) is 6.02. The van der Waals surface area contributed by atoms with Gasteiger partial charge in [0.1, 0.15) is 0 Å². The summed E-state index contributed by atoms with van der Waals surface area (Å²) in [5.41, 5.74) is 7.10. The molecule has 0 fully saturated rings. The van der Waals surface area contributed by atoms with Crippen molar-refractivity contribution in [2.75, 3.05) is 26.7 Å². The number of hydrogen-bond donors (Lipinski definition) is 1. The van der Waals surface area contributed by atoms with E-state index in [9.17, 15) is 13.2 Å². The van der Waals surface area contributed by atoms with Crippen molar-refractivity contribution in [2.45, 2.75) is 44.7 Å². The SMILES string of the molecule is CC(C)C(CN)(CCCN(C)CCc1ccccc1)c1cccc(C(F)(F)F)c1. The van der Waals surface area contributed by atoms with Crippen LogP contribution in [0.3, 0.4) is 0 Å². The van der Waals surface area contributed by atoms with E-state index in [-0.39, 0.29) is 5.92 Å². The summed E-state index contributed by atoms with van der Waals surface area (Å²) in [5.74, 6) is 0.144. The third-order valence-electron chi connectivity index (χ3n) is 6.02. The van der Waals surface area contributed by atoms with Crippen molar-refractivity contribution in [3.05, 3.63) is 71.3 Å². The van der Waals surface area contributed by atoms with Gasteiger partial charge in [-0.05, 0) is 56.0 Å². The first-order chi connectivity index (χ1) is 13.7. The molecule has 0 aromatic heterocycles. The van der Waals surface area contributed by atoms with Crippen molar-refractivity contribution >= 4 is 0 Å². The molecule has 5 heteroatoms. The molecule has 0 saturated heterocycles. The number of nitrogens with zero attached hydrogens (tertiary/aromatic N) is 1. The molecule has 2 rings (SSSR count). The van der Waals surface area contributed by atoms with E-state index < -0.39 is 17.2 Å². The predicted octanol–water partition coefficient (Wildman–Crippen LogP) is 5.51. The summed E-state index contributed by atoms with van der Waals surface area (Å²) in [6.45, 7) is 6.27. The molecule has 0 amide bonds. The van der Waals surface area contributed by atoms with Crippen LogP contribution in [0.5, 0.6) is 0 Å². The summed E-state index contributed by atoms with van der Waals surface area (Å²) in [5, 5.41) is 0. The standard InChI is InChI=1S/C24H33F3N2/c1-19(2)23(18-28,21-11-7-12-22(17-21)24(25,26)27)14-8-15-29(3)16-13-20-9-5-4-6-10-20/h4-7,9-12,17,19H,8,13-16,18,28H2,1-3H3. The summed E-state index contributed by atoms with van der Waals surface area (Å²) in [6.07, 6.45) is -1.71.